The first-order chi connectivity index (χ1) is 12.1. The molecular formula is C17H18N2O6S. The van der Waals surface area contributed by atoms with Crippen LogP contribution in [0.3, 0.4) is 0 Å². The molecule has 1 aromatic carbocycles. The second-order valence-electron chi connectivity index (χ2n) is 6.77. The first-order valence-corrected chi connectivity index (χ1v) is 8.84. The number of carbonyl (C=O) groups excluding carboxylic acids is 2. The van der Waals surface area contributed by atoms with E-state index in [9.17, 15) is 29.4 Å². The largest absolute Gasteiger partial charge is 0.480 e. The maximum atomic E-state index is 12.5. The second kappa shape index (κ2) is 6.31. The van der Waals surface area contributed by atoms with E-state index in [1.165, 1.54) is 28.8 Å². The van der Waals surface area contributed by atoms with E-state index in [2.05, 4.69) is 5.32 Å². The number of nitrogens with one attached hydrogen (secondary N) is 1. The molecule has 2 fully saturated rings. The first kappa shape index (κ1) is 18.2. The molecule has 0 spiro atoms. The van der Waals surface area contributed by atoms with Gasteiger partial charge in [-0.1, -0.05) is 30.3 Å². The van der Waals surface area contributed by atoms with Crippen LogP contribution in [0.1, 0.15) is 25.3 Å². The fourth-order valence-corrected chi connectivity index (χ4v) is 5.06. The van der Waals surface area contributed by atoms with Crippen LogP contribution in [0, 0.1) is 0 Å². The van der Waals surface area contributed by atoms with Gasteiger partial charge in [-0.2, -0.15) is 0 Å². The molecule has 8 nitrogen and oxygen atoms in total. The van der Waals surface area contributed by atoms with Crippen LogP contribution in [0.15, 0.2) is 30.3 Å². The van der Waals surface area contributed by atoms with E-state index in [0.717, 1.165) is 0 Å². The number of β-lactam (4-membered cyclic amide) rings is 1. The zero-order chi connectivity index (χ0) is 19.2. The van der Waals surface area contributed by atoms with Gasteiger partial charge in [-0.05, 0) is 19.4 Å². The third-order valence-corrected chi connectivity index (χ3v) is 6.19. The Morgan fingerprint density at radius 3 is 2.35 bits per heavy atom. The highest BCUT2D eigenvalue weighted by atomic mass is 32.2. The highest BCUT2D eigenvalue weighted by Gasteiger charge is 2.64. The van der Waals surface area contributed by atoms with Crippen molar-refractivity contribution in [2.75, 3.05) is 0 Å². The summed E-state index contributed by atoms with van der Waals surface area (Å²) in [6.45, 7) is 3.45. The summed E-state index contributed by atoms with van der Waals surface area (Å²) in [5.41, 5.74) is 0.309. The van der Waals surface area contributed by atoms with Gasteiger partial charge in [-0.15, -0.1) is 11.8 Å². The molecule has 4 atom stereocenters. The van der Waals surface area contributed by atoms with E-state index in [4.69, 9.17) is 0 Å². The van der Waals surface area contributed by atoms with Crippen LogP contribution in [-0.2, 0) is 19.2 Å². The number of carbonyl (C=O) groups is 4. The topological polar surface area (TPSA) is 124 Å². The Morgan fingerprint density at radius 2 is 1.81 bits per heavy atom. The molecule has 26 heavy (non-hydrogen) atoms. The monoisotopic (exact) mass is 378 g/mol. The molecule has 0 saturated carbocycles. The summed E-state index contributed by atoms with van der Waals surface area (Å²) in [4.78, 5) is 49.2. The van der Waals surface area contributed by atoms with E-state index >= 15 is 0 Å². The van der Waals surface area contributed by atoms with E-state index in [1.54, 1.807) is 32.0 Å². The summed E-state index contributed by atoms with van der Waals surface area (Å²) >= 11 is 1.29. The highest BCUT2D eigenvalue weighted by Crippen LogP contribution is 2.50. The van der Waals surface area contributed by atoms with Crippen molar-refractivity contribution in [2.45, 2.75) is 42.0 Å². The summed E-state index contributed by atoms with van der Waals surface area (Å²) in [6.07, 6.45) is 0. The number of amides is 2. The number of carboxylic acids is 2. The van der Waals surface area contributed by atoms with Gasteiger partial charge in [0.15, 0.2) is 5.92 Å². The summed E-state index contributed by atoms with van der Waals surface area (Å²) < 4.78 is -0.711. The van der Waals surface area contributed by atoms with Crippen molar-refractivity contribution in [1.82, 2.24) is 10.2 Å². The molecule has 9 heteroatoms. The van der Waals surface area contributed by atoms with Crippen LogP contribution < -0.4 is 5.32 Å². The van der Waals surface area contributed by atoms with Crippen molar-refractivity contribution in [3.63, 3.8) is 0 Å². The number of hydrogen-bond acceptors (Lipinski definition) is 5. The molecule has 3 rings (SSSR count). The summed E-state index contributed by atoms with van der Waals surface area (Å²) in [7, 11) is 0. The number of carboxylic acid groups (broad SMARTS) is 2. The second-order valence-corrected chi connectivity index (χ2v) is 8.54. The van der Waals surface area contributed by atoms with Crippen molar-refractivity contribution in [3.8, 4) is 0 Å². The lowest BCUT2D eigenvalue weighted by molar-refractivity contribution is -0.161. The first-order valence-electron chi connectivity index (χ1n) is 7.96. The van der Waals surface area contributed by atoms with Crippen LogP contribution in [-0.4, -0.2) is 61.1 Å². The summed E-state index contributed by atoms with van der Waals surface area (Å²) in [5, 5.41) is 20.8. The Bertz CT molecular complexity index is 781. The summed E-state index contributed by atoms with van der Waals surface area (Å²) in [6, 6.07) is 6.10. The molecule has 2 unspecified atom stereocenters. The minimum Gasteiger partial charge on any atom is -0.480 e. The van der Waals surface area contributed by atoms with Gasteiger partial charge in [0.1, 0.15) is 17.5 Å². The third kappa shape index (κ3) is 2.82. The van der Waals surface area contributed by atoms with Gasteiger partial charge in [0.2, 0.25) is 11.8 Å². The Kier molecular flexibility index (Phi) is 4.43. The van der Waals surface area contributed by atoms with Crippen LogP contribution in [0.25, 0.3) is 0 Å². The standard InChI is InChI=1S/C17H18N2O6S/c1-17(2)11(16(24)25)19-13(21)10(14(19)26-17)18-12(20)9(15(22)23)8-6-4-3-5-7-8/h3-7,9-11,14H,1-2H3,(H,18,20)(H,22,23)(H,24,25)/t9?,10-,11+,14?/m1/s1. The number of hydrogen-bond donors (Lipinski definition) is 3. The molecule has 0 radical (unpaired) electrons. The number of fused-ring (bicyclic) bond motifs is 1. The Hall–Kier alpha value is -2.55. The maximum Gasteiger partial charge on any atom is 0.327 e. The molecule has 138 valence electrons. The minimum absolute atomic E-state index is 0.309. The third-order valence-electron chi connectivity index (χ3n) is 4.61. The number of aliphatic carboxylic acids is 2. The van der Waals surface area contributed by atoms with E-state index in [-0.39, 0.29) is 0 Å². The molecular weight excluding hydrogens is 360 g/mol. The molecule has 3 N–H and O–H groups in total. The number of thioether (sulfide) groups is 1. The van der Waals surface area contributed by atoms with Crippen molar-refractivity contribution < 1.29 is 29.4 Å². The Labute approximate surface area is 153 Å². The van der Waals surface area contributed by atoms with Crippen LogP contribution in [0.5, 0.6) is 0 Å². The van der Waals surface area contributed by atoms with Gasteiger partial charge >= 0.3 is 11.9 Å². The number of benzene rings is 1. The lowest BCUT2D eigenvalue weighted by Gasteiger charge is -2.43. The molecule has 0 aromatic heterocycles. The molecule has 2 aliphatic rings. The van der Waals surface area contributed by atoms with E-state index in [1.807, 2.05) is 0 Å². The lowest BCUT2D eigenvalue weighted by Crippen LogP contribution is -2.71. The SMILES string of the molecule is CC1(C)SC2[C@H](NC(=O)C(C(=O)O)c3ccccc3)C(=O)N2[C@H]1C(=O)O. The smallest absolute Gasteiger partial charge is 0.327 e. The van der Waals surface area contributed by atoms with Crippen molar-refractivity contribution in [3.05, 3.63) is 35.9 Å². The molecule has 2 saturated heterocycles. The van der Waals surface area contributed by atoms with Gasteiger partial charge in [0.25, 0.3) is 0 Å². The van der Waals surface area contributed by atoms with Gasteiger partial charge in [-0.25, -0.2) is 4.79 Å². The molecule has 0 bridgehead atoms. The van der Waals surface area contributed by atoms with Gasteiger partial charge < -0.3 is 20.4 Å². The molecule has 1 aromatic rings. The predicted octanol–water partition coefficient (Wildman–Crippen LogP) is 0.486. The minimum atomic E-state index is -1.44. The summed E-state index contributed by atoms with van der Waals surface area (Å²) in [5.74, 6) is -5.16. The van der Waals surface area contributed by atoms with Crippen LogP contribution in [0.2, 0.25) is 0 Å². The molecule has 2 aliphatic heterocycles. The number of rotatable bonds is 5. The number of nitrogens with zero attached hydrogens (tertiary/aromatic N) is 1. The normalized spacial score (nSPS) is 27.2. The fraction of sp³-hybridized carbons (Fsp3) is 0.412. The van der Waals surface area contributed by atoms with Gasteiger partial charge in [0, 0.05) is 4.75 Å². The van der Waals surface area contributed by atoms with Crippen molar-refractivity contribution >= 4 is 35.5 Å². The zero-order valence-corrected chi connectivity index (χ0v) is 14.9. The average molecular weight is 378 g/mol. The van der Waals surface area contributed by atoms with Crippen LogP contribution in [0.4, 0.5) is 0 Å². The van der Waals surface area contributed by atoms with E-state index in [0.29, 0.717) is 5.56 Å². The lowest BCUT2D eigenvalue weighted by atomic mass is 9.94. The average Bonchev–Trinajstić information content (AvgIpc) is 2.82. The van der Waals surface area contributed by atoms with Gasteiger partial charge in [-0.3, -0.25) is 14.4 Å². The van der Waals surface area contributed by atoms with Gasteiger partial charge in [0.05, 0.1) is 0 Å². The zero-order valence-electron chi connectivity index (χ0n) is 14.1. The molecule has 2 amide bonds. The Balaban J connectivity index is 1.78. The van der Waals surface area contributed by atoms with Crippen molar-refractivity contribution in [1.29, 1.82) is 0 Å². The highest BCUT2D eigenvalue weighted by molar-refractivity contribution is 8.01. The quantitative estimate of drug-likeness (QED) is 0.503. The maximum absolute atomic E-state index is 12.5. The molecule has 0 aliphatic carbocycles. The molecule has 2 heterocycles. The van der Waals surface area contributed by atoms with Crippen LogP contribution >= 0.6 is 11.8 Å². The predicted molar refractivity (Wildman–Crippen MR) is 92.5 cm³/mol. The fourth-order valence-electron chi connectivity index (χ4n) is 3.43. The van der Waals surface area contributed by atoms with Crippen molar-refractivity contribution in [2.24, 2.45) is 0 Å². The van der Waals surface area contributed by atoms with E-state index < -0.39 is 51.9 Å². The Morgan fingerprint density at radius 1 is 1.19 bits per heavy atom.